The quantitative estimate of drug-likeness (QED) is 0.320. The van der Waals surface area contributed by atoms with Crippen LogP contribution in [-0.4, -0.2) is 26.7 Å². The van der Waals surface area contributed by atoms with Gasteiger partial charge in [0.1, 0.15) is 17.2 Å². The van der Waals surface area contributed by atoms with Crippen molar-refractivity contribution >= 4 is 34.3 Å². The smallest absolute Gasteiger partial charge is 0.366 e. The lowest BCUT2D eigenvalue weighted by Crippen LogP contribution is -2.41. The number of rotatable bonds is 4. The molecule has 3 aromatic carbocycles. The second kappa shape index (κ2) is 8.50. The Hall–Kier alpha value is -4.03. The number of carbonyl (C=O) groups excluding carboxylic acids is 2. The molecule has 0 bridgehead atoms. The van der Waals surface area contributed by atoms with Gasteiger partial charge in [-0.15, -0.1) is 0 Å². The van der Waals surface area contributed by atoms with E-state index in [0.717, 1.165) is 18.2 Å². The molecule has 1 aliphatic heterocycles. The van der Waals surface area contributed by atoms with Crippen LogP contribution in [0.15, 0.2) is 42.6 Å². The summed E-state index contributed by atoms with van der Waals surface area (Å²) < 4.78 is 71.4. The minimum Gasteiger partial charge on any atom is -0.366 e. The van der Waals surface area contributed by atoms with Gasteiger partial charge in [-0.25, -0.2) is 8.78 Å². The predicted molar refractivity (Wildman–Crippen MR) is 126 cm³/mol. The molecule has 5 rings (SSSR count). The number of nitrogens with two attached hydrogens (primary N) is 1. The molecule has 196 valence electrons. The van der Waals surface area contributed by atoms with E-state index in [-0.39, 0.29) is 44.2 Å². The highest BCUT2D eigenvalue weighted by molar-refractivity contribution is 6.31. The molecule has 0 spiro atoms. The number of carbonyl (C=O) groups is 2. The van der Waals surface area contributed by atoms with Gasteiger partial charge in [0.25, 0.3) is 5.91 Å². The standard InChI is InChI=1S/C25H16ClF5N4O3/c1-2-35-9-10-5-13(18-14(22(32)36)6-11(7-17(18)28)25(29,30)31)20-19(21(10)34-35)23(37)33-24(20,38)15-8-12(27)3-4-16(15)26/h3-9,38H,2H2,1H3,(H2,32,36)(H,33,37). The van der Waals surface area contributed by atoms with E-state index in [2.05, 4.69) is 10.4 Å². The number of hydrogen-bond donors (Lipinski definition) is 3. The van der Waals surface area contributed by atoms with Gasteiger partial charge >= 0.3 is 6.18 Å². The molecule has 13 heteroatoms. The van der Waals surface area contributed by atoms with Crippen LogP contribution in [0.4, 0.5) is 22.0 Å². The number of amides is 2. The molecule has 38 heavy (non-hydrogen) atoms. The zero-order chi connectivity index (χ0) is 27.7. The normalized spacial score (nSPS) is 17.1. The summed E-state index contributed by atoms with van der Waals surface area (Å²) in [6, 6.07) is 4.77. The highest BCUT2D eigenvalue weighted by Gasteiger charge is 2.48. The summed E-state index contributed by atoms with van der Waals surface area (Å²) in [5, 5.41) is 18.5. The third kappa shape index (κ3) is 3.79. The molecule has 0 saturated carbocycles. The Labute approximate surface area is 215 Å². The number of halogens is 6. The lowest BCUT2D eigenvalue weighted by Gasteiger charge is -2.28. The van der Waals surface area contributed by atoms with E-state index in [1.165, 1.54) is 16.9 Å². The number of alkyl halides is 3. The second-order valence-electron chi connectivity index (χ2n) is 8.63. The van der Waals surface area contributed by atoms with Crippen molar-refractivity contribution in [1.82, 2.24) is 15.1 Å². The van der Waals surface area contributed by atoms with Crippen molar-refractivity contribution in [3.8, 4) is 11.1 Å². The van der Waals surface area contributed by atoms with E-state index in [9.17, 15) is 32.3 Å². The van der Waals surface area contributed by atoms with Crippen LogP contribution in [0.1, 0.15) is 44.3 Å². The van der Waals surface area contributed by atoms with Gasteiger partial charge in [0, 0.05) is 39.8 Å². The van der Waals surface area contributed by atoms with Gasteiger partial charge in [0.05, 0.1) is 16.7 Å². The molecule has 0 radical (unpaired) electrons. The third-order valence-electron chi connectivity index (χ3n) is 6.32. The van der Waals surface area contributed by atoms with Crippen LogP contribution in [0.3, 0.4) is 0 Å². The van der Waals surface area contributed by atoms with Crippen molar-refractivity contribution in [3.63, 3.8) is 0 Å². The number of aromatic nitrogens is 2. The maximum absolute atomic E-state index is 15.5. The molecular formula is C25H16ClF5N4O3. The van der Waals surface area contributed by atoms with Gasteiger partial charge in [0.2, 0.25) is 5.91 Å². The first-order chi connectivity index (χ1) is 17.8. The highest BCUT2D eigenvalue weighted by atomic mass is 35.5. The second-order valence-corrected chi connectivity index (χ2v) is 9.04. The van der Waals surface area contributed by atoms with Crippen molar-refractivity contribution in [2.75, 3.05) is 0 Å². The summed E-state index contributed by atoms with van der Waals surface area (Å²) >= 11 is 6.24. The monoisotopic (exact) mass is 550 g/mol. The summed E-state index contributed by atoms with van der Waals surface area (Å²) in [5.41, 5.74) is -1.51. The summed E-state index contributed by atoms with van der Waals surface area (Å²) in [6.07, 6.45) is -3.52. The Balaban J connectivity index is 1.96. The van der Waals surface area contributed by atoms with Crippen molar-refractivity contribution in [3.05, 3.63) is 87.1 Å². The summed E-state index contributed by atoms with van der Waals surface area (Å²) in [7, 11) is 0. The average Bonchev–Trinajstić information content (AvgIpc) is 3.37. The number of nitrogens with zero attached hydrogens (tertiary/aromatic N) is 2. The van der Waals surface area contributed by atoms with Crippen LogP contribution in [0.2, 0.25) is 5.02 Å². The van der Waals surface area contributed by atoms with Crippen molar-refractivity contribution in [1.29, 1.82) is 0 Å². The SMILES string of the molecule is CCn1cc2cc(-c3c(F)cc(C(F)(F)F)cc3C(N)=O)c3c(c2n1)C(=O)NC3(O)c1cc(F)ccc1Cl. The molecule has 2 heterocycles. The molecular weight excluding hydrogens is 535 g/mol. The Morgan fingerprint density at radius 2 is 1.89 bits per heavy atom. The minimum atomic E-state index is -5.01. The Morgan fingerprint density at radius 1 is 1.18 bits per heavy atom. The summed E-state index contributed by atoms with van der Waals surface area (Å²) in [5.74, 6) is -4.63. The lowest BCUT2D eigenvalue weighted by molar-refractivity contribution is -0.137. The van der Waals surface area contributed by atoms with E-state index in [1.807, 2.05) is 0 Å². The zero-order valence-electron chi connectivity index (χ0n) is 19.3. The fraction of sp³-hybridized carbons (Fsp3) is 0.160. The van der Waals surface area contributed by atoms with Gasteiger partial charge in [-0.3, -0.25) is 14.3 Å². The van der Waals surface area contributed by atoms with Crippen LogP contribution in [-0.2, 0) is 18.4 Å². The van der Waals surface area contributed by atoms with Gasteiger partial charge in [-0.1, -0.05) is 11.6 Å². The lowest BCUT2D eigenvalue weighted by atomic mass is 9.84. The number of aliphatic hydroxyl groups is 1. The van der Waals surface area contributed by atoms with E-state index in [0.29, 0.717) is 12.6 Å². The van der Waals surface area contributed by atoms with E-state index < -0.39 is 52.0 Å². The maximum Gasteiger partial charge on any atom is 0.416 e. The van der Waals surface area contributed by atoms with Crippen LogP contribution in [0.25, 0.3) is 22.0 Å². The first-order valence-corrected chi connectivity index (χ1v) is 11.4. The molecule has 7 nitrogen and oxygen atoms in total. The first kappa shape index (κ1) is 25.6. The van der Waals surface area contributed by atoms with Gasteiger partial charge < -0.3 is 16.2 Å². The largest absolute Gasteiger partial charge is 0.416 e. The van der Waals surface area contributed by atoms with Crippen molar-refractivity contribution in [2.45, 2.75) is 25.4 Å². The summed E-state index contributed by atoms with van der Waals surface area (Å²) in [6.45, 7) is 2.10. The molecule has 1 aromatic heterocycles. The van der Waals surface area contributed by atoms with Gasteiger partial charge in [-0.05, 0) is 48.9 Å². The van der Waals surface area contributed by atoms with Crippen molar-refractivity contribution < 1.29 is 36.6 Å². The Morgan fingerprint density at radius 3 is 2.53 bits per heavy atom. The zero-order valence-corrected chi connectivity index (χ0v) is 20.0. The fourth-order valence-corrected chi connectivity index (χ4v) is 4.93. The van der Waals surface area contributed by atoms with Crippen LogP contribution in [0.5, 0.6) is 0 Å². The molecule has 0 saturated heterocycles. The van der Waals surface area contributed by atoms with Crippen LogP contribution < -0.4 is 11.1 Å². The maximum atomic E-state index is 15.5. The highest BCUT2D eigenvalue weighted by Crippen LogP contribution is 2.48. The molecule has 0 aliphatic carbocycles. The molecule has 0 fully saturated rings. The van der Waals surface area contributed by atoms with E-state index >= 15 is 4.39 Å². The molecule has 4 aromatic rings. The number of nitrogens with one attached hydrogen (secondary N) is 1. The van der Waals surface area contributed by atoms with Crippen molar-refractivity contribution in [2.24, 2.45) is 5.73 Å². The predicted octanol–water partition coefficient (Wildman–Crippen LogP) is 4.71. The number of primary amides is 1. The Bertz CT molecular complexity index is 1680. The topological polar surface area (TPSA) is 110 Å². The van der Waals surface area contributed by atoms with Gasteiger partial charge in [-0.2, -0.15) is 18.3 Å². The van der Waals surface area contributed by atoms with E-state index in [1.54, 1.807) is 6.92 Å². The minimum absolute atomic E-state index is 0.0690. The fourth-order valence-electron chi connectivity index (χ4n) is 4.68. The number of aryl methyl sites for hydroxylation is 1. The van der Waals surface area contributed by atoms with Crippen LogP contribution in [0, 0.1) is 11.6 Å². The number of benzene rings is 3. The van der Waals surface area contributed by atoms with E-state index in [4.69, 9.17) is 17.3 Å². The molecule has 1 unspecified atom stereocenters. The van der Waals surface area contributed by atoms with Gasteiger partial charge in [0.15, 0.2) is 5.72 Å². The molecule has 1 atom stereocenters. The molecule has 1 aliphatic rings. The molecule has 2 amide bonds. The first-order valence-electron chi connectivity index (χ1n) is 11.0. The molecule has 4 N–H and O–H groups in total. The average molecular weight is 551 g/mol. The Kier molecular flexibility index (Phi) is 5.73. The summed E-state index contributed by atoms with van der Waals surface area (Å²) in [4.78, 5) is 25.5. The van der Waals surface area contributed by atoms with Crippen LogP contribution >= 0.6 is 11.6 Å². The number of fused-ring (bicyclic) bond motifs is 3. The third-order valence-corrected chi connectivity index (χ3v) is 6.65. The number of hydrogen-bond acceptors (Lipinski definition) is 4.